The number of carboxylic acids is 1. The van der Waals surface area contributed by atoms with Crippen molar-refractivity contribution in [2.24, 2.45) is 0 Å². The van der Waals surface area contributed by atoms with Crippen molar-refractivity contribution in [3.8, 4) is 0 Å². The number of carbonyl (C=O) groups is 1. The van der Waals surface area contributed by atoms with E-state index >= 15 is 0 Å². The van der Waals surface area contributed by atoms with Gasteiger partial charge in [0.15, 0.2) is 0 Å². The Balaban J connectivity index is 2.19. The molecule has 0 bridgehead atoms. The van der Waals surface area contributed by atoms with Gasteiger partial charge < -0.3 is 10.4 Å². The fourth-order valence-corrected chi connectivity index (χ4v) is 2.91. The molecule has 110 valence electrons. The number of benzene rings is 2. The fraction of sp³-hybridized carbons (Fsp3) is 0.133. The summed E-state index contributed by atoms with van der Waals surface area (Å²) in [4.78, 5) is 11.4. The van der Waals surface area contributed by atoms with Crippen LogP contribution in [0.3, 0.4) is 0 Å². The Morgan fingerprint density at radius 1 is 1.33 bits per heavy atom. The minimum Gasteiger partial charge on any atom is -0.481 e. The van der Waals surface area contributed by atoms with Gasteiger partial charge in [0.1, 0.15) is 5.82 Å². The molecule has 0 fully saturated rings. The van der Waals surface area contributed by atoms with E-state index in [0.29, 0.717) is 15.7 Å². The number of aliphatic carboxylic acids is 1. The third kappa shape index (κ3) is 3.95. The maximum Gasteiger partial charge on any atom is 0.312 e. The molecule has 0 amide bonds. The molecular formula is C15H12BrClFNO2. The summed E-state index contributed by atoms with van der Waals surface area (Å²) in [5, 5.41) is 12.5. The Labute approximate surface area is 134 Å². The molecule has 6 heteroatoms. The van der Waals surface area contributed by atoms with Crippen LogP contribution in [0.1, 0.15) is 11.5 Å². The van der Waals surface area contributed by atoms with Crippen LogP contribution in [-0.2, 0) is 4.79 Å². The summed E-state index contributed by atoms with van der Waals surface area (Å²) in [6.07, 6.45) is 0. The second-order valence-electron chi connectivity index (χ2n) is 4.43. The van der Waals surface area contributed by atoms with E-state index in [1.165, 1.54) is 12.1 Å². The smallest absolute Gasteiger partial charge is 0.312 e. The standard InChI is InChI=1S/C15H12BrClFNO2/c16-12-6-10(18)7-13(17)14(12)19-8-11(15(20)21)9-4-2-1-3-5-9/h1-7,11,19H,8H2,(H,20,21). The number of rotatable bonds is 5. The van der Waals surface area contributed by atoms with E-state index in [1.807, 2.05) is 6.07 Å². The molecule has 0 heterocycles. The molecule has 0 aromatic heterocycles. The van der Waals surface area contributed by atoms with E-state index in [2.05, 4.69) is 21.2 Å². The number of nitrogens with one attached hydrogen (secondary N) is 1. The van der Waals surface area contributed by atoms with Crippen molar-refractivity contribution in [2.75, 3.05) is 11.9 Å². The van der Waals surface area contributed by atoms with E-state index in [4.69, 9.17) is 11.6 Å². The van der Waals surface area contributed by atoms with Crippen LogP contribution >= 0.6 is 27.5 Å². The van der Waals surface area contributed by atoms with Crippen LogP contribution < -0.4 is 5.32 Å². The maximum atomic E-state index is 13.2. The molecule has 0 aliphatic rings. The van der Waals surface area contributed by atoms with E-state index in [1.54, 1.807) is 24.3 Å². The number of hydrogen-bond donors (Lipinski definition) is 2. The average Bonchev–Trinajstić information content (AvgIpc) is 2.42. The Morgan fingerprint density at radius 2 is 2.00 bits per heavy atom. The summed E-state index contributed by atoms with van der Waals surface area (Å²) in [7, 11) is 0. The van der Waals surface area contributed by atoms with Crippen LogP contribution in [0, 0.1) is 5.82 Å². The van der Waals surface area contributed by atoms with Gasteiger partial charge in [-0.15, -0.1) is 0 Å². The second kappa shape index (κ2) is 6.91. The molecule has 1 atom stereocenters. The van der Waals surface area contributed by atoms with Crippen LogP contribution in [0.5, 0.6) is 0 Å². The van der Waals surface area contributed by atoms with Gasteiger partial charge in [-0.2, -0.15) is 0 Å². The average molecular weight is 373 g/mol. The van der Waals surface area contributed by atoms with Crippen molar-refractivity contribution in [2.45, 2.75) is 5.92 Å². The third-order valence-electron chi connectivity index (χ3n) is 2.99. The lowest BCUT2D eigenvalue weighted by Crippen LogP contribution is -2.21. The Morgan fingerprint density at radius 3 is 2.57 bits per heavy atom. The quantitative estimate of drug-likeness (QED) is 0.811. The molecule has 2 aromatic rings. The fourth-order valence-electron chi connectivity index (χ4n) is 1.95. The molecule has 1 unspecified atom stereocenters. The minimum absolute atomic E-state index is 0.142. The van der Waals surface area contributed by atoms with Crippen molar-refractivity contribution in [1.29, 1.82) is 0 Å². The maximum absolute atomic E-state index is 13.2. The van der Waals surface area contributed by atoms with Gasteiger partial charge in [0.25, 0.3) is 0 Å². The zero-order chi connectivity index (χ0) is 15.4. The first-order valence-electron chi connectivity index (χ1n) is 6.15. The summed E-state index contributed by atoms with van der Waals surface area (Å²) in [5.41, 5.74) is 1.16. The molecular weight excluding hydrogens is 361 g/mol. The zero-order valence-corrected chi connectivity index (χ0v) is 13.2. The lowest BCUT2D eigenvalue weighted by Gasteiger charge is -2.16. The Hall–Kier alpha value is -1.59. The van der Waals surface area contributed by atoms with Gasteiger partial charge >= 0.3 is 5.97 Å². The van der Waals surface area contributed by atoms with Crippen LogP contribution in [0.4, 0.5) is 10.1 Å². The highest BCUT2D eigenvalue weighted by Crippen LogP contribution is 2.32. The zero-order valence-electron chi connectivity index (χ0n) is 10.8. The summed E-state index contributed by atoms with van der Waals surface area (Å²) < 4.78 is 13.6. The first-order chi connectivity index (χ1) is 9.99. The van der Waals surface area contributed by atoms with Gasteiger partial charge in [-0.3, -0.25) is 4.79 Å². The molecule has 21 heavy (non-hydrogen) atoms. The minimum atomic E-state index is -0.942. The predicted octanol–water partition coefficient (Wildman–Crippen LogP) is 4.52. The number of halogens is 3. The van der Waals surface area contributed by atoms with Gasteiger partial charge in [-0.1, -0.05) is 41.9 Å². The van der Waals surface area contributed by atoms with Gasteiger partial charge in [-0.25, -0.2) is 4.39 Å². The Kier molecular flexibility index (Phi) is 5.20. The normalized spacial score (nSPS) is 12.0. The first kappa shape index (κ1) is 15.8. The molecule has 3 nitrogen and oxygen atoms in total. The van der Waals surface area contributed by atoms with Crippen molar-refractivity contribution in [3.63, 3.8) is 0 Å². The van der Waals surface area contributed by atoms with Crippen molar-refractivity contribution >= 4 is 39.2 Å². The van der Waals surface area contributed by atoms with Gasteiger partial charge in [0.2, 0.25) is 0 Å². The molecule has 0 saturated heterocycles. The van der Waals surface area contributed by atoms with Crippen molar-refractivity contribution in [1.82, 2.24) is 0 Å². The topological polar surface area (TPSA) is 49.3 Å². The highest BCUT2D eigenvalue weighted by molar-refractivity contribution is 9.10. The molecule has 0 radical (unpaired) electrons. The third-order valence-corrected chi connectivity index (χ3v) is 3.91. The van der Waals surface area contributed by atoms with E-state index in [-0.39, 0.29) is 11.6 Å². The first-order valence-corrected chi connectivity index (χ1v) is 7.32. The van der Waals surface area contributed by atoms with Crippen LogP contribution in [0.2, 0.25) is 5.02 Å². The largest absolute Gasteiger partial charge is 0.481 e. The molecule has 2 aromatic carbocycles. The SMILES string of the molecule is O=C(O)C(CNc1c(Cl)cc(F)cc1Br)c1ccccc1. The van der Waals surface area contributed by atoms with Gasteiger partial charge in [0.05, 0.1) is 16.6 Å². The van der Waals surface area contributed by atoms with Crippen LogP contribution in [0.25, 0.3) is 0 Å². The van der Waals surface area contributed by atoms with Crippen molar-refractivity contribution in [3.05, 3.63) is 63.3 Å². The summed E-state index contributed by atoms with van der Waals surface area (Å²) in [5.74, 6) is -2.13. The molecule has 2 N–H and O–H groups in total. The summed E-state index contributed by atoms with van der Waals surface area (Å²) in [6.45, 7) is 0.142. The molecule has 0 saturated carbocycles. The summed E-state index contributed by atoms with van der Waals surface area (Å²) in [6, 6.07) is 11.3. The highest BCUT2D eigenvalue weighted by atomic mass is 79.9. The van der Waals surface area contributed by atoms with E-state index < -0.39 is 17.7 Å². The number of anilines is 1. The lowest BCUT2D eigenvalue weighted by atomic mass is 9.99. The monoisotopic (exact) mass is 371 g/mol. The van der Waals surface area contributed by atoms with Crippen LogP contribution in [0.15, 0.2) is 46.9 Å². The molecule has 0 spiro atoms. The molecule has 2 rings (SSSR count). The van der Waals surface area contributed by atoms with Crippen molar-refractivity contribution < 1.29 is 14.3 Å². The second-order valence-corrected chi connectivity index (χ2v) is 5.69. The highest BCUT2D eigenvalue weighted by Gasteiger charge is 2.20. The van der Waals surface area contributed by atoms with Crippen LogP contribution in [-0.4, -0.2) is 17.6 Å². The Bertz CT molecular complexity index is 628. The molecule has 0 aliphatic carbocycles. The van der Waals surface area contributed by atoms with Gasteiger partial charge in [-0.05, 0) is 33.6 Å². The number of hydrogen-bond acceptors (Lipinski definition) is 2. The van der Waals surface area contributed by atoms with Gasteiger partial charge in [0, 0.05) is 11.0 Å². The summed E-state index contributed by atoms with van der Waals surface area (Å²) >= 11 is 9.17. The lowest BCUT2D eigenvalue weighted by molar-refractivity contribution is -0.138. The van der Waals surface area contributed by atoms with E-state index in [9.17, 15) is 14.3 Å². The number of carboxylic acid groups (broad SMARTS) is 1. The predicted molar refractivity (Wildman–Crippen MR) is 84.4 cm³/mol. The van der Waals surface area contributed by atoms with E-state index in [0.717, 1.165) is 0 Å². The molecule has 0 aliphatic heterocycles.